The molecule has 0 bridgehead atoms. The van der Waals surface area contributed by atoms with Crippen LogP contribution < -0.4 is 0 Å². The van der Waals surface area contributed by atoms with Crippen molar-refractivity contribution < 1.29 is 19.1 Å². The van der Waals surface area contributed by atoms with Crippen molar-refractivity contribution in [2.75, 3.05) is 13.2 Å². The summed E-state index contributed by atoms with van der Waals surface area (Å²) in [5.74, 6) is 1.52. The molecule has 5 unspecified atom stereocenters. The topological polar surface area (TPSA) is 52.6 Å². The average molecular weight is 577 g/mol. The van der Waals surface area contributed by atoms with Gasteiger partial charge in [0.2, 0.25) is 0 Å². The molecule has 0 amide bonds. The van der Waals surface area contributed by atoms with E-state index in [9.17, 15) is 9.59 Å². The molecule has 0 radical (unpaired) electrons. The van der Waals surface area contributed by atoms with E-state index in [1.54, 1.807) is 0 Å². The Morgan fingerprint density at radius 2 is 1.39 bits per heavy atom. The minimum absolute atomic E-state index is 0.0152. The predicted octanol–water partition coefficient (Wildman–Crippen LogP) is 11.0. The smallest absolute Gasteiger partial charge is 0.309 e. The zero-order chi connectivity index (χ0) is 30.1. The van der Waals surface area contributed by atoms with E-state index in [-0.39, 0.29) is 23.8 Å². The normalized spacial score (nSPS) is 18.0. The summed E-state index contributed by atoms with van der Waals surface area (Å²) in [6.45, 7) is 12.1. The number of unbranched alkanes of at least 4 members (excludes halogenated alkanes) is 5. The molecule has 0 aromatic carbocycles. The van der Waals surface area contributed by atoms with Crippen LogP contribution in [-0.4, -0.2) is 25.2 Å². The molecule has 0 saturated heterocycles. The van der Waals surface area contributed by atoms with Gasteiger partial charge >= 0.3 is 11.9 Å². The van der Waals surface area contributed by atoms with Gasteiger partial charge in [0.05, 0.1) is 19.1 Å². The molecule has 1 rings (SSSR count). The van der Waals surface area contributed by atoms with E-state index in [1.807, 2.05) is 0 Å². The Morgan fingerprint density at radius 3 is 1.98 bits per heavy atom. The highest BCUT2D eigenvalue weighted by atomic mass is 16.5. The van der Waals surface area contributed by atoms with Gasteiger partial charge in [-0.25, -0.2) is 0 Å². The minimum Gasteiger partial charge on any atom is -0.465 e. The van der Waals surface area contributed by atoms with Crippen LogP contribution in [0.5, 0.6) is 0 Å². The summed E-state index contributed by atoms with van der Waals surface area (Å²) in [6, 6.07) is 0. The fourth-order valence-electron chi connectivity index (χ4n) is 6.34. The zero-order valence-electron chi connectivity index (χ0n) is 27.9. The Hall–Kier alpha value is -1.32. The van der Waals surface area contributed by atoms with Crippen LogP contribution in [0.2, 0.25) is 0 Å². The van der Waals surface area contributed by atoms with Crippen molar-refractivity contribution in [3.8, 4) is 0 Å². The Labute approximate surface area is 255 Å². The summed E-state index contributed by atoms with van der Waals surface area (Å²) in [5, 5.41) is 0. The van der Waals surface area contributed by atoms with Gasteiger partial charge in [-0.15, -0.1) is 0 Å². The molecule has 0 spiro atoms. The lowest BCUT2D eigenvalue weighted by Gasteiger charge is -2.27. The lowest BCUT2D eigenvalue weighted by Crippen LogP contribution is -2.29. The third-order valence-corrected chi connectivity index (χ3v) is 9.49. The summed E-state index contributed by atoms with van der Waals surface area (Å²) in [5.41, 5.74) is 0. The predicted molar refractivity (Wildman–Crippen MR) is 174 cm³/mol. The number of allylic oxidation sites excluding steroid dienone is 2. The second-order valence-electron chi connectivity index (χ2n) is 13.0. The number of rotatable bonds is 26. The lowest BCUT2D eigenvalue weighted by molar-refractivity contribution is -0.154. The number of hydrogen-bond donors (Lipinski definition) is 0. The number of esters is 2. The van der Waals surface area contributed by atoms with Crippen LogP contribution in [0.3, 0.4) is 0 Å². The van der Waals surface area contributed by atoms with Crippen LogP contribution in [0.1, 0.15) is 169 Å². The molecule has 0 aromatic heterocycles. The van der Waals surface area contributed by atoms with Gasteiger partial charge in [-0.05, 0) is 81.5 Å². The van der Waals surface area contributed by atoms with Gasteiger partial charge in [0, 0.05) is 6.42 Å². The maximum absolute atomic E-state index is 13.7. The molecule has 0 fully saturated rings. The van der Waals surface area contributed by atoms with E-state index in [0.29, 0.717) is 37.4 Å². The molecule has 41 heavy (non-hydrogen) atoms. The Balaban J connectivity index is 2.88. The molecule has 0 saturated carbocycles. The van der Waals surface area contributed by atoms with Crippen molar-refractivity contribution in [2.24, 2.45) is 29.6 Å². The molecular formula is C37H68O4. The molecule has 0 aliphatic heterocycles. The van der Waals surface area contributed by atoms with Crippen molar-refractivity contribution in [1.29, 1.82) is 0 Å². The highest BCUT2D eigenvalue weighted by molar-refractivity contribution is 5.73. The summed E-state index contributed by atoms with van der Waals surface area (Å²) < 4.78 is 11.8. The van der Waals surface area contributed by atoms with Crippen LogP contribution >= 0.6 is 0 Å². The minimum atomic E-state index is -0.117. The number of carbonyl (C=O) groups excluding carboxylic acids is 2. The van der Waals surface area contributed by atoms with Gasteiger partial charge in [-0.1, -0.05) is 117 Å². The van der Waals surface area contributed by atoms with Crippen LogP contribution in [-0.2, 0) is 19.1 Å². The van der Waals surface area contributed by atoms with Crippen LogP contribution in [0, 0.1) is 29.6 Å². The standard InChI is InChI=1S/C37H68O4/c1-6-11-14-18-25-34(27-28-36(38)40-29-31(9-4)20-12-7-2)35(26-19-24-33-22-16-15-17-23-33)37(39)41-30-32(10-5)21-13-8-3/h16,22,31-35H,6-15,17-21,23-30H2,1-5H3. The van der Waals surface area contributed by atoms with E-state index >= 15 is 0 Å². The summed E-state index contributed by atoms with van der Waals surface area (Å²) in [4.78, 5) is 26.5. The largest absolute Gasteiger partial charge is 0.465 e. The fraction of sp³-hybridized carbons (Fsp3) is 0.892. The van der Waals surface area contributed by atoms with E-state index in [0.717, 1.165) is 64.2 Å². The van der Waals surface area contributed by atoms with E-state index < -0.39 is 0 Å². The SMILES string of the molecule is CCCCCCC(CCC(=O)OCC(CC)CCCC)C(CCCC1C=CCCC1)C(=O)OCC(CC)CCCC. The second-order valence-corrected chi connectivity index (χ2v) is 13.0. The summed E-state index contributed by atoms with van der Waals surface area (Å²) in [7, 11) is 0. The maximum atomic E-state index is 13.7. The van der Waals surface area contributed by atoms with Crippen LogP contribution in [0.15, 0.2) is 12.2 Å². The van der Waals surface area contributed by atoms with Crippen molar-refractivity contribution in [3.63, 3.8) is 0 Å². The number of carbonyl (C=O) groups is 2. The lowest BCUT2D eigenvalue weighted by atomic mass is 9.80. The first-order valence-corrected chi connectivity index (χ1v) is 18.0. The van der Waals surface area contributed by atoms with Gasteiger partial charge in [-0.2, -0.15) is 0 Å². The molecular weight excluding hydrogens is 508 g/mol. The van der Waals surface area contributed by atoms with E-state index in [4.69, 9.17) is 9.47 Å². The quantitative estimate of drug-likeness (QED) is 0.0584. The van der Waals surface area contributed by atoms with Crippen LogP contribution in [0.25, 0.3) is 0 Å². The van der Waals surface area contributed by atoms with Gasteiger partial charge < -0.3 is 9.47 Å². The number of hydrogen-bond acceptors (Lipinski definition) is 4. The average Bonchev–Trinajstić information content (AvgIpc) is 3.00. The third kappa shape index (κ3) is 18.1. The molecule has 1 aliphatic carbocycles. The summed E-state index contributed by atoms with van der Waals surface area (Å²) >= 11 is 0. The fourth-order valence-corrected chi connectivity index (χ4v) is 6.34. The molecule has 0 heterocycles. The first kappa shape index (κ1) is 37.7. The molecule has 0 aromatic rings. The highest BCUT2D eigenvalue weighted by Crippen LogP contribution is 2.32. The Kier molecular flexibility index (Phi) is 23.2. The van der Waals surface area contributed by atoms with Gasteiger partial charge in [0.25, 0.3) is 0 Å². The van der Waals surface area contributed by atoms with Gasteiger partial charge in [-0.3, -0.25) is 9.59 Å². The van der Waals surface area contributed by atoms with E-state index in [2.05, 4.69) is 46.8 Å². The molecule has 4 heteroatoms. The van der Waals surface area contributed by atoms with E-state index in [1.165, 1.54) is 64.2 Å². The monoisotopic (exact) mass is 577 g/mol. The molecule has 4 nitrogen and oxygen atoms in total. The maximum Gasteiger partial charge on any atom is 0.309 e. The molecule has 5 atom stereocenters. The zero-order valence-corrected chi connectivity index (χ0v) is 27.9. The van der Waals surface area contributed by atoms with Crippen LogP contribution in [0.4, 0.5) is 0 Å². The van der Waals surface area contributed by atoms with Crippen molar-refractivity contribution in [3.05, 3.63) is 12.2 Å². The van der Waals surface area contributed by atoms with Gasteiger partial charge in [0.1, 0.15) is 0 Å². The third-order valence-electron chi connectivity index (χ3n) is 9.49. The molecule has 1 aliphatic rings. The van der Waals surface area contributed by atoms with Crippen molar-refractivity contribution in [2.45, 2.75) is 169 Å². The Morgan fingerprint density at radius 1 is 0.732 bits per heavy atom. The van der Waals surface area contributed by atoms with Crippen molar-refractivity contribution >= 4 is 11.9 Å². The first-order valence-electron chi connectivity index (χ1n) is 18.0. The summed E-state index contributed by atoms with van der Waals surface area (Å²) in [6.07, 6.45) is 27.5. The first-order chi connectivity index (χ1) is 20.0. The number of ether oxygens (including phenoxy) is 2. The van der Waals surface area contributed by atoms with Gasteiger partial charge in [0.15, 0.2) is 0 Å². The Bertz CT molecular complexity index is 672. The van der Waals surface area contributed by atoms with Crippen molar-refractivity contribution in [1.82, 2.24) is 0 Å². The molecule has 240 valence electrons. The molecule has 0 N–H and O–H groups in total. The highest BCUT2D eigenvalue weighted by Gasteiger charge is 2.30. The second kappa shape index (κ2) is 25.2.